The molecule has 2 N–H and O–H groups in total. The molecule has 5 nitrogen and oxygen atoms in total. The highest BCUT2D eigenvalue weighted by atomic mass is 32.1. The molecule has 3 rings (SSSR count). The predicted molar refractivity (Wildman–Crippen MR) is 96.2 cm³/mol. The van der Waals surface area contributed by atoms with E-state index < -0.39 is 0 Å². The minimum atomic E-state index is -0.121. The quantitative estimate of drug-likeness (QED) is 0.877. The molecule has 1 aliphatic rings. The zero-order valence-corrected chi connectivity index (χ0v) is 14.4. The molecule has 126 valence electrons. The smallest absolute Gasteiger partial charge is 0.251 e. The molecule has 1 aromatic carbocycles. The number of carbonyl (C=O) groups excluding carboxylic acids is 2. The van der Waals surface area contributed by atoms with Crippen LogP contribution in [0.2, 0.25) is 0 Å². The van der Waals surface area contributed by atoms with Gasteiger partial charge in [-0.2, -0.15) is 11.3 Å². The van der Waals surface area contributed by atoms with Crippen LogP contribution in [0.5, 0.6) is 0 Å². The number of thiophene rings is 1. The SMILES string of the molecule is CC(=O)Nc1ccc(C(=O)NC2CCN(Cc3ccsc3)C2)cc1. The second-order valence-corrected chi connectivity index (χ2v) is 6.86. The number of carbonyl (C=O) groups is 2. The number of rotatable bonds is 5. The van der Waals surface area contributed by atoms with Crippen molar-refractivity contribution in [2.24, 2.45) is 0 Å². The number of benzene rings is 1. The second kappa shape index (κ2) is 7.59. The number of nitrogens with one attached hydrogen (secondary N) is 2. The maximum Gasteiger partial charge on any atom is 0.251 e. The van der Waals surface area contributed by atoms with E-state index in [2.05, 4.69) is 32.4 Å². The van der Waals surface area contributed by atoms with E-state index in [-0.39, 0.29) is 17.9 Å². The Bertz CT molecular complexity index is 698. The normalized spacial score (nSPS) is 17.6. The Morgan fingerprint density at radius 1 is 1.25 bits per heavy atom. The van der Waals surface area contributed by atoms with Gasteiger partial charge in [-0.1, -0.05) is 0 Å². The summed E-state index contributed by atoms with van der Waals surface area (Å²) < 4.78 is 0. The van der Waals surface area contributed by atoms with Gasteiger partial charge in [0.25, 0.3) is 5.91 Å². The highest BCUT2D eigenvalue weighted by Crippen LogP contribution is 2.16. The Morgan fingerprint density at radius 3 is 2.71 bits per heavy atom. The maximum atomic E-state index is 12.3. The molecule has 1 unspecified atom stereocenters. The van der Waals surface area contributed by atoms with Gasteiger partial charge in [-0.05, 0) is 53.1 Å². The zero-order valence-electron chi connectivity index (χ0n) is 13.6. The fraction of sp³-hybridized carbons (Fsp3) is 0.333. The number of hydrogen-bond donors (Lipinski definition) is 2. The van der Waals surface area contributed by atoms with Gasteiger partial charge in [0.2, 0.25) is 5.91 Å². The Morgan fingerprint density at radius 2 is 2.04 bits per heavy atom. The molecular weight excluding hydrogens is 322 g/mol. The van der Waals surface area contributed by atoms with Crippen molar-refractivity contribution >= 4 is 28.8 Å². The van der Waals surface area contributed by atoms with Crippen LogP contribution < -0.4 is 10.6 Å². The van der Waals surface area contributed by atoms with Gasteiger partial charge >= 0.3 is 0 Å². The lowest BCUT2D eigenvalue weighted by Crippen LogP contribution is -2.36. The van der Waals surface area contributed by atoms with E-state index in [1.54, 1.807) is 35.6 Å². The first-order chi connectivity index (χ1) is 11.6. The molecule has 0 radical (unpaired) electrons. The Labute approximate surface area is 145 Å². The van der Waals surface area contributed by atoms with Crippen molar-refractivity contribution in [1.29, 1.82) is 0 Å². The molecule has 1 saturated heterocycles. The summed E-state index contributed by atoms with van der Waals surface area (Å²) in [6.45, 7) is 4.29. The lowest BCUT2D eigenvalue weighted by atomic mass is 10.1. The average Bonchev–Trinajstić information content (AvgIpc) is 3.20. The van der Waals surface area contributed by atoms with Crippen molar-refractivity contribution in [3.63, 3.8) is 0 Å². The van der Waals surface area contributed by atoms with Gasteiger partial charge in [0.1, 0.15) is 0 Å². The molecule has 2 heterocycles. The van der Waals surface area contributed by atoms with Gasteiger partial charge in [0.15, 0.2) is 0 Å². The number of hydrogen-bond acceptors (Lipinski definition) is 4. The summed E-state index contributed by atoms with van der Waals surface area (Å²) in [6, 6.07) is 9.29. The van der Waals surface area contributed by atoms with Crippen molar-refractivity contribution < 1.29 is 9.59 Å². The van der Waals surface area contributed by atoms with Gasteiger partial charge < -0.3 is 10.6 Å². The van der Waals surface area contributed by atoms with Crippen LogP contribution in [0.3, 0.4) is 0 Å². The monoisotopic (exact) mass is 343 g/mol. The van der Waals surface area contributed by atoms with Crippen molar-refractivity contribution in [3.05, 3.63) is 52.2 Å². The third-order valence-electron chi connectivity index (χ3n) is 4.06. The van der Waals surface area contributed by atoms with Crippen LogP contribution in [0.25, 0.3) is 0 Å². The zero-order chi connectivity index (χ0) is 16.9. The van der Waals surface area contributed by atoms with Crippen molar-refractivity contribution in [1.82, 2.24) is 10.2 Å². The first-order valence-corrected chi connectivity index (χ1v) is 8.96. The number of amides is 2. The van der Waals surface area contributed by atoms with E-state index in [0.29, 0.717) is 11.3 Å². The van der Waals surface area contributed by atoms with Gasteiger partial charge in [-0.15, -0.1) is 0 Å². The molecule has 24 heavy (non-hydrogen) atoms. The van der Waals surface area contributed by atoms with Crippen LogP contribution in [-0.4, -0.2) is 35.8 Å². The van der Waals surface area contributed by atoms with E-state index in [9.17, 15) is 9.59 Å². The van der Waals surface area contributed by atoms with Gasteiger partial charge in [0.05, 0.1) is 0 Å². The number of anilines is 1. The van der Waals surface area contributed by atoms with Crippen molar-refractivity contribution in [2.75, 3.05) is 18.4 Å². The Hall–Kier alpha value is -2.18. The molecule has 0 bridgehead atoms. The van der Waals surface area contributed by atoms with Gasteiger partial charge in [-0.25, -0.2) is 0 Å². The van der Waals surface area contributed by atoms with Gasteiger partial charge in [0, 0.05) is 43.9 Å². The molecule has 1 aliphatic heterocycles. The second-order valence-electron chi connectivity index (χ2n) is 6.08. The Kier molecular flexibility index (Phi) is 5.27. The van der Waals surface area contributed by atoms with Crippen LogP contribution >= 0.6 is 11.3 Å². The number of likely N-dealkylation sites (tertiary alicyclic amines) is 1. The first kappa shape index (κ1) is 16.7. The molecule has 6 heteroatoms. The fourth-order valence-corrected chi connectivity index (χ4v) is 3.57. The first-order valence-electron chi connectivity index (χ1n) is 8.02. The Balaban J connectivity index is 1.51. The fourth-order valence-electron chi connectivity index (χ4n) is 2.91. The van der Waals surface area contributed by atoms with Crippen molar-refractivity contribution in [2.45, 2.75) is 25.9 Å². The third kappa shape index (κ3) is 4.43. The lowest BCUT2D eigenvalue weighted by molar-refractivity contribution is -0.114. The molecule has 0 saturated carbocycles. The van der Waals surface area contributed by atoms with E-state index in [1.807, 2.05) is 0 Å². The van der Waals surface area contributed by atoms with E-state index >= 15 is 0 Å². The summed E-state index contributed by atoms with van der Waals surface area (Å²) in [5, 5.41) is 10.1. The summed E-state index contributed by atoms with van der Waals surface area (Å²) in [7, 11) is 0. The van der Waals surface area contributed by atoms with Crippen LogP contribution in [0.4, 0.5) is 5.69 Å². The van der Waals surface area contributed by atoms with E-state index in [0.717, 1.165) is 26.1 Å². The molecule has 0 aliphatic carbocycles. The van der Waals surface area contributed by atoms with Crippen LogP contribution in [-0.2, 0) is 11.3 Å². The highest BCUT2D eigenvalue weighted by Gasteiger charge is 2.24. The molecule has 1 fully saturated rings. The minimum Gasteiger partial charge on any atom is -0.348 e. The molecule has 0 spiro atoms. The summed E-state index contributed by atoms with van der Waals surface area (Å²) in [5.41, 5.74) is 2.64. The molecular formula is C18H21N3O2S. The molecule has 2 amide bonds. The topological polar surface area (TPSA) is 61.4 Å². The predicted octanol–water partition coefficient (Wildman–Crippen LogP) is 2.71. The molecule has 1 aromatic heterocycles. The summed E-state index contributed by atoms with van der Waals surface area (Å²) in [5.74, 6) is -0.185. The summed E-state index contributed by atoms with van der Waals surface area (Å²) in [6.07, 6.45) is 0.972. The number of nitrogens with zero attached hydrogens (tertiary/aromatic N) is 1. The van der Waals surface area contributed by atoms with Crippen molar-refractivity contribution in [3.8, 4) is 0 Å². The van der Waals surface area contributed by atoms with Crippen LogP contribution in [0, 0.1) is 0 Å². The molecule has 2 aromatic rings. The third-order valence-corrected chi connectivity index (χ3v) is 4.79. The van der Waals surface area contributed by atoms with Gasteiger partial charge in [-0.3, -0.25) is 14.5 Å². The standard InChI is InChI=1S/C18H21N3O2S/c1-13(22)19-16-4-2-15(3-5-16)18(23)20-17-6-8-21(11-17)10-14-7-9-24-12-14/h2-5,7,9,12,17H,6,8,10-11H2,1H3,(H,19,22)(H,20,23). The van der Waals surface area contributed by atoms with Crippen LogP contribution in [0.1, 0.15) is 29.3 Å². The minimum absolute atomic E-state index is 0.0632. The largest absolute Gasteiger partial charge is 0.348 e. The van der Waals surface area contributed by atoms with Crippen LogP contribution in [0.15, 0.2) is 41.1 Å². The highest BCUT2D eigenvalue weighted by molar-refractivity contribution is 7.07. The maximum absolute atomic E-state index is 12.3. The average molecular weight is 343 g/mol. The molecule has 1 atom stereocenters. The summed E-state index contributed by atoms with van der Waals surface area (Å²) in [4.78, 5) is 25.7. The van der Waals surface area contributed by atoms with E-state index in [1.165, 1.54) is 12.5 Å². The summed E-state index contributed by atoms with van der Waals surface area (Å²) >= 11 is 1.71. The van der Waals surface area contributed by atoms with E-state index in [4.69, 9.17) is 0 Å². The lowest BCUT2D eigenvalue weighted by Gasteiger charge is -2.16.